The molecule has 11 rings (SSSR count). The van der Waals surface area contributed by atoms with Gasteiger partial charge in [0.05, 0.1) is 29.6 Å². The second-order valence-electron chi connectivity index (χ2n) is 19.4. The smallest absolute Gasteiger partial charge is 0.355 e. The molecule has 5 atom stereocenters. The summed E-state index contributed by atoms with van der Waals surface area (Å²) in [7, 11) is 0. The van der Waals surface area contributed by atoms with Crippen LogP contribution in [-0.2, 0) is 17.7 Å². The lowest BCUT2D eigenvalue weighted by molar-refractivity contribution is -0.0659. The van der Waals surface area contributed by atoms with Crippen LogP contribution in [0.25, 0.3) is 21.3 Å². The molecule has 4 aliphatic carbocycles. The summed E-state index contributed by atoms with van der Waals surface area (Å²) in [5.74, 6) is 2.13. The second kappa shape index (κ2) is 14.9. The minimum Gasteiger partial charge on any atom is -0.476 e. The van der Waals surface area contributed by atoms with E-state index in [1.807, 2.05) is 41.4 Å². The van der Waals surface area contributed by atoms with E-state index in [2.05, 4.69) is 58.9 Å². The van der Waals surface area contributed by atoms with Crippen LogP contribution in [0.1, 0.15) is 98.9 Å². The summed E-state index contributed by atoms with van der Waals surface area (Å²) in [6.07, 6.45) is 14.2. The lowest BCUT2D eigenvalue weighted by atomic mass is 9.48. The molecule has 5 aromatic rings. The summed E-state index contributed by atoms with van der Waals surface area (Å²) in [4.78, 5) is 27.1. The number of para-hydroxylation sites is 1. The van der Waals surface area contributed by atoms with Crippen molar-refractivity contribution in [2.75, 3.05) is 49.6 Å². The number of carboxylic acid groups (broad SMARTS) is 1. The number of aromatic carboxylic acids is 1. The topological polar surface area (TPSA) is 134 Å². The van der Waals surface area contributed by atoms with Crippen molar-refractivity contribution in [3.8, 4) is 11.1 Å². The van der Waals surface area contributed by atoms with Gasteiger partial charge in [0.15, 0.2) is 22.5 Å². The zero-order valence-electron chi connectivity index (χ0n) is 35.0. The lowest BCUT2D eigenvalue weighted by Crippen LogP contribution is -2.47. The van der Waals surface area contributed by atoms with Gasteiger partial charge in [-0.25, -0.2) is 14.8 Å². The molecular weight excluding hydrogens is 759 g/mol. The van der Waals surface area contributed by atoms with E-state index in [-0.39, 0.29) is 5.69 Å². The summed E-state index contributed by atoms with van der Waals surface area (Å²) in [6.45, 7) is 15.9. The number of benzene rings is 1. The predicted molar refractivity (Wildman–Crippen MR) is 232 cm³/mol. The molecule has 6 aliphatic rings. The molecule has 0 spiro atoms. The number of hydrogen-bond acceptors (Lipinski definition) is 11. The van der Waals surface area contributed by atoms with E-state index in [1.165, 1.54) is 57.9 Å². The van der Waals surface area contributed by atoms with Gasteiger partial charge in [-0.05, 0) is 137 Å². The predicted octanol–water partition coefficient (Wildman–Crippen LogP) is 9.21. The van der Waals surface area contributed by atoms with Crippen molar-refractivity contribution in [1.29, 1.82) is 0 Å². The number of rotatable bonds is 11. The Kier molecular flexibility index (Phi) is 9.79. The van der Waals surface area contributed by atoms with E-state index in [9.17, 15) is 9.90 Å². The average molecular weight is 816 g/mol. The van der Waals surface area contributed by atoms with Gasteiger partial charge in [0.1, 0.15) is 5.82 Å². The van der Waals surface area contributed by atoms with Crippen molar-refractivity contribution >= 4 is 50.1 Å². The third-order valence-corrected chi connectivity index (χ3v) is 15.6. The molecule has 4 aromatic heterocycles. The van der Waals surface area contributed by atoms with Crippen LogP contribution in [0.4, 0.5) is 22.6 Å². The molecule has 59 heavy (non-hydrogen) atoms. The highest BCUT2D eigenvalue weighted by molar-refractivity contribution is 7.22. The van der Waals surface area contributed by atoms with Crippen molar-refractivity contribution in [3.63, 3.8) is 0 Å². The Morgan fingerprint density at radius 1 is 0.966 bits per heavy atom. The molecule has 5 unspecified atom stereocenters. The Labute approximate surface area is 350 Å². The maximum absolute atomic E-state index is 12.9. The number of morpholine rings is 1. The standard InChI is InChI=1S/C46H57N9O3S/c1-29-33-9-7-16-54(41(33)52-51-40(29)50-43-48-36-10-5-6-11-37(36)59-43)38-13-12-34(39(49-38)42(56)57)35-24-47-55(30(35)2)25-32-22-45(4)26-44(3)21-31(32)23-46(27-44,28-45)14-8-15-53-17-19-58-20-18-53/h5-6,10-13,24,31-32H,7-9,14-23,25-28H2,1-4H3,(H,56,57)(H,48,50,51). The SMILES string of the molecule is Cc1c(Nc2nc3ccccc3s2)nnc2c1CCCN2c1ccc(-c2cnn(CC3CC4(C)CC5(C)CC3CC(CCCN3CCOCC3)(C4)C5)c2C)c(C(=O)O)n1. The Hall–Kier alpha value is -4.46. The molecule has 0 amide bonds. The molecule has 310 valence electrons. The normalized spacial score (nSPS) is 27.9. The Morgan fingerprint density at radius 3 is 2.59 bits per heavy atom. The second-order valence-corrected chi connectivity index (χ2v) is 20.4. The van der Waals surface area contributed by atoms with Crippen LogP contribution >= 0.6 is 11.3 Å². The molecule has 4 saturated carbocycles. The monoisotopic (exact) mass is 815 g/mol. The highest BCUT2D eigenvalue weighted by Crippen LogP contribution is 2.69. The molecule has 5 fully saturated rings. The Balaban J connectivity index is 0.877. The van der Waals surface area contributed by atoms with Crippen molar-refractivity contribution in [3.05, 3.63) is 65.1 Å². The first-order valence-electron chi connectivity index (χ1n) is 21.8. The van der Waals surface area contributed by atoms with Gasteiger partial charge < -0.3 is 20.1 Å². The lowest BCUT2D eigenvalue weighted by Gasteiger charge is -2.57. The fourth-order valence-corrected chi connectivity index (χ4v) is 13.8. The fraction of sp³-hybridized carbons (Fsp3) is 0.565. The van der Waals surface area contributed by atoms with Crippen molar-refractivity contribution in [1.82, 2.24) is 34.8 Å². The van der Waals surface area contributed by atoms with Gasteiger partial charge in [0.2, 0.25) is 0 Å². The molecule has 1 saturated heterocycles. The van der Waals surface area contributed by atoms with Crippen LogP contribution in [0.2, 0.25) is 0 Å². The number of nitrogens with zero attached hydrogens (tertiary/aromatic N) is 8. The van der Waals surface area contributed by atoms with Gasteiger partial charge in [-0.1, -0.05) is 37.3 Å². The van der Waals surface area contributed by atoms with Crippen LogP contribution in [0.5, 0.6) is 0 Å². The number of carboxylic acids is 1. The highest BCUT2D eigenvalue weighted by Gasteiger charge is 2.59. The van der Waals surface area contributed by atoms with E-state index in [4.69, 9.17) is 19.8 Å². The maximum Gasteiger partial charge on any atom is 0.355 e. The van der Waals surface area contributed by atoms with Gasteiger partial charge >= 0.3 is 5.97 Å². The molecule has 2 aliphatic heterocycles. The average Bonchev–Trinajstić information content (AvgIpc) is 3.75. The molecule has 12 nitrogen and oxygen atoms in total. The van der Waals surface area contributed by atoms with Crippen LogP contribution in [0.15, 0.2) is 42.6 Å². The number of carbonyl (C=O) groups is 1. The zero-order valence-corrected chi connectivity index (χ0v) is 35.8. The first-order valence-corrected chi connectivity index (χ1v) is 22.6. The van der Waals surface area contributed by atoms with Gasteiger partial charge in [0, 0.05) is 54.1 Å². The van der Waals surface area contributed by atoms with Gasteiger partial charge in [-0.2, -0.15) is 5.10 Å². The summed E-state index contributed by atoms with van der Waals surface area (Å²) in [5.41, 5.74) is 6.68. The number of nitrogens with one attached hydrogen (secondary N) is 1. The molecule has 0 radical (unpaired) electrons. The largest absolute Gasteiger partial charge is 0.476 e. The molecule has 1 aromatic carbocycles. The van der Waals surface area contributed by atoms with Gasteiger partial charge in [-0.3, -0.25) is 9.58 Å². The molecular formula is C46H57N9O3S. The first-order chi connectivity index (χ1) is 28.5. The van der Waals surface area contributed by atoms with E-state index in [0.717, 1.165) is 89.2 Å². The summed E-state index contributed by atoms with van der Waals surface area (Å²) in [5, 5.41) is 29.0. The number of thiazole rings is 1. The quantitative estimate of drug-likeness (QED) is 0.132. The summed E-state index contributed by atoms with van der Waals surface area (Å²) >= 11 is 1.59. The molecule has 4 bridgehead atoms. The van der Waals surface area contributed by atoms with Crippen molar-refractivity contribution in [2.24, 2.45) is 28.1 Å². The van der Waals surface area contributed by atoms with Crippen LogP contribution < -0.4 is 10.2 Å². The molecule has 13 heteroatoms. The van der Waals surface area contributed by atoms with Crippen LogP contribution in [0, 0.1) is 41.9 Å². The highest BCUT2D eigenvalue weighted by atomic mass is 32.1. The van der Waals surface area contributed by atoms with E-state index >= 15 is 0 Å². The minimum absolute atomic E-state index is 0.0287. The van der Waals surface area contributed by atoms with Gasteiger partial charge in [0.25, 0.3) is 0 Å². The Morgan fingerprint density at radius 2 is 1.78 bits per heavy atom. The molecule has 6 heterocycles. The van der Waals surface area contributed by atoms with Crippen LogP contribution in [0.3, 0.4) is 0 Å². The fourth-order valence-electron chi connectivity index (χ4n) is 12.9. The number of pyridine rings is 1. The van der Waals surface area contributed by atoms with Crippen molar-refractivity contribution < 1.29 is 14.6 Å². The first kappa shape index (κ1) is 38.7. The maximum atomic E-state index is 12.9. The number of ether oxygens (including phenoxy) is 1. The zero-order chi connectivity index (χ0) is 40.5. The summed E-state index contributed by atoms with van der Waals surface area (Å²) < 4.78 is 8.89. The van der Waals surface area contributed by atoms with E-state index in [1.54, 1.807) is 11.3 Å². The van der Waals surface area contributed by atoms with E-state index in [0.29, 0.717) is 51.8 Å². The minimum atomic E-state index is -1.05. The van der Waals surface area contributed by atoms with Crippen LogP contribution in [-0.4, -0.2) is 85.3 Å². The Bertz CT molecular complexity index is 2370. The number of fused-ring (bicyclic) bond motifs is 3. The molecule has 2 N–H and O–H groups in total. The van der Waals surface area contributed by atoms with Gasteiger partial charge in [-0.15, -0.1) is 10.2 Å². The number of anilines is 4. The third-order valence-electron chi connectivity index (χ3n) is 14.7. The number of aromatic nitrogens is 6. The third kappa shape index (κ3) is 7.30. The summed E-state index contributed by atoms with van der Waals surface area (Å²) in [6, 6.07) is 11.9. The number of hydrogen-bond donors (Lipinski definition) is 2. The van der Waals surface area contributed by atoms with Crippen molar-refractivity contribution in [2.45, 2.75) is 98.4 Å². The van der Waals surface area contributed by atoms with E-state index < -0.39 is 5.97 Å².